The lowest BCUT2D eigenvalue weighted by Crippen LogP contribution is -2.50. The van der Waals surface area contributed by atoms with Crippen LogP contribution in [0.1, 0.15) is 30.5 Å². The van der Waals surface area contributed by atoms with Crippen LogP contribution in [0.3, 0.4) is 0 Å². The first-order valence-corrected chi connectivity index (χ1v) is 11.6. The molecule has 6 heteroatoms. The van der Waals surface area contributed by atoms with Gasteiger partial charge in [-0.3, -0.25) is 4.90 Å². The number of aliphatic hydroxyl groups excluding tert-OH is 1. The second kappa shape index (κ2) is 9.12. The van der Waals surface area contributed by atoms with Gasteiger partial charge in [0.25, 0.3) is 0 Å². The molecular weight excluding hydrogens is 406 g/mol. The lowest BCUT2D eigenvalue weighted by Gasteiger charge is -2.37. The van der Waals surface area contributed by atoms with Crippen LogP contribution in [-0.2, 0) is 33.6 Å². The maximum absolute atomic E-state index is 9.75. The van der Waals surface area contributed by atoms with Crippen molar-refractivity contribution in [1.29, 1.82) is 0 Å². The number of aliphatic hydroxyl groups is 1. The average molecular weight is 440 g/mol. The molecule has 4 unspecified atom stereocenters. The van der Waals surface area contributed by atoms with Crippen LogP contribution in [0.15, 0.2) is 48.5 Å². The van der Waals surface area contributed by atoms with Crippen LogP contribution in [-0.4, -0.2) is 66.5 Å². The van der Waals surface area contributed by atoms with Gasteiger partial charge in [-0.15, -0.1) is 0 Å². The molecule has 32 heavy (non-hydrogen) atoms. The molecule has 2 aromatic carbocycles. The summed E-state index contributed by atoms with van der Waals surface area (Å²) in [6.45, 7) is 6.76. The molecule has 2 aromatic rings. The SMILES string of the molecule is CC1(C)OC2Cc3cccc(OCC4CN(Cc5ccccc5)CC(CO)O4)c3CC2O1. The fourth-order valence-corrected chi connectivity index (χ4v) is 5.20. The topological polar surface area (TPSA) is 60.4 Å². The summed E-state index contributed by atoms with van der Waals surface area (Å²) in [6, 6.07) is 16.7. The molecule has 6 nitrogen and oxygen atoms in total. The maximum atomic E-state index is 9.75. The molecule has 0 amide bonds. The van der Waals surface area contributed by atoms with Crippen molar-refractivity contribution in [3.05, 3.63) is 65.2 Å². The van der Waals surface area contributed by atoms with E-state index in [1.54, 1.807) is 0 Å². The zero-order chi connectivity index (χ0) is 22.1. The number of hydrogen-bond donors (Lipinski definition) is 1. The first-order chi connectivity index (χ1) is 15.5. The molecule has 4 atom stereocenters. The second-order valence-electron chi connectivity index (χ2n) is 9.57. The fourth-order valence-electron chi connectivity index (χ4n) is 5.20. The van der Waals surface area contributed by atoms with E-state index in [1.165, 1.54) is 16.7 Å². The average Bonchev–Trinajstić information content (AvgIpc) is 3.09. The Balaban J connectivity index is 1.24. The van der Waals surface area contributed by atoms with Crippen LogP contribution >= 0.6 is 0 Å². The van der Waals surface area contributed by atoms with Crippen molar-refractivity contribution in [2.75, 3.05) is 26.3 Å². The van der Waals surface area contributed by atoms with Crippen molar-refractivity contribution >= 4 is 0 Å². The molecule has 5 rings (SSSR count). The summed E-state index contributed by atoms with van der Waals surface area (Å²) in [5.41, 5.74) is 3.75. The van der Waals surface area contributed by atoms with E-state index in [0.29, 0.717) is 6.61 Å². The van der Waals surface area contributed by atoms with Crippen molar-refractivity contribution in [3.8, 4) is 5.75 Å². The van der Waals surface area contributed by atoms with E-state index in [-0.39, 0.29) is 31.0 Å². The zero-order valence-corrected chi connectivity index (χ0v) is 18.9. The highest BCUT2D eigenvalue weighted by atomic mass is 16.7. The van der Waals surface area contributed by atoms with Gasteiger partial charge in [-0.25, -0.2) is 0 Å². The van der Waals surface area contributed by atoms with E-state index in [4.69, 9.17) is 18.9 Å². The fraction of sp³-hybridized carbons (Fsp3) is 0.538. The highest BCUT2D eigenvalue weighted by Crippen LogP contribution is 2.39. The van der Waals surface area contributed by atoms with E-state index in [0.717, 1.165) is 38.2 Å². The molecule has 0 aromatic heterocycles. The van der Waals surface area contributed by atoms with E-state index in [1.807, 2.05) is 26.0 Å². The first-order valence-electron chi connectivity index (χ1n) is 11.6. The van der Waals surface area contributed by atoms with Gasteiger partial charge in [-0.1, -0.05) is 42.5 Å². The third-order valence-corrected chi connectivity index (χ3v) is 6.53. The van der Waals surface area contributed by atoms with E-state index < -0.39 is 5.79 Å². The monoisotopic (exact) mass is 439 g/mol. The molecule has 0 radical (unpaired) electrons. The van der Waals surface area contributed by atoms with Gasteiger partial charge in [0.05, 0.1) is 24.9 Å². The molecule has 2 saturated heterocycles. The van der Waals surface area contributed by atoms with Crippen molar-refractivity contribution < 1.29 is 24.1 Å². The predicted octanol–water partition coefficient (Wildman–Crippen LogP) is 2.95. The van der Waals surface area contributed by atoms with Gasteiger partial charge >= 0.3 is 0 Å². The molecule has 2 heterocycles. The molecule has 0 spiro atoms. The molecule has 0 bridgehead atoms. The van der Waals surface area contributed by atoms with E-state index >= 15 is 0 Å². The summed E-state index contributed by atoms with van der Waals surface area (Å²) in [7, 11) is 0. The minimum atomic E-state index is -0.532. The summed E-state index contributed by atoms with van der Waals surface area (Å²) in [5, 5.41) is 9.75. The number of nitrogens with zero attached hydrogens (tertiary/aromatic N) is 1. The molecule has 2 fully saturated rings. The number of ether oxygens (including phenoxy) is 4. The predicted molar refractivity (Wildman–Crippen MR) is 121 cm³/mol. The normalized spacial score (nSPS) is 29.3. The second-order valence-corrected chi connectivity index (χ2v) is 9.57. The Morgan fingerprint density at radius 3 is 2.50 bits per heavy atom. The summed E-state index contributed by atoms with van der Waals surface area (Å²) >= 11 is 0. The van der Waals surface area contributed by atoms with Crippen molar-refractivity contribution in [2.24, 2.45) is 0 Å². The summed E-state index contributed by atoms with van der Waals surface area (Å²) in [5.74, 6) is 0.370. The van der Waals surface area contributed by atoms with Crippen LogP contribution in [0.4, 0.5) is 0 Å². The highest BCUT2D eigenvalue weighted by Gasteiger charge is 2.44. The van der Waals surface area contributed by atoms with Crippen molar-refractivity contribution in [1.82, 2.24) is 4.90 Å². The minimum Gasteiger partial charge on any atom is -0.491 e. The number of benzene rings is 2. The maximum Gasteiger partial charge on any atom is 0.163 e. The number of hydrogen-bond acceptors (Lipinski definition) is 6. The third-order valence-electron chi connectivity index (χ3n) is 6.53. The Morgan fingerprint density at radius 2 is 1.72 bits per heavy atom. The highest BCUT2D eigenvalue weighted by molar-refractivity contribution is 5.43. The number of rotatable bonds is 6. The lowest BCUT2D eigenvalue weighted by atomic mass is 9.87. The lowest BCUT2D eigenvalue weighted by molar-refractivity contribution is -0.145. The Hall–Kier alpha value is -1.96. The summed E-state index contributed by atoms with van der Waals surface area (Å²) in [4.78, 5) is 2.34. The van der Waals surface area contributed by atoms with Crippen LogP contribution in [0.5, 0.6) is 5.75 Å². The Kier molecular flexibility index (Phi) is 6.23. The van der Waals surface area contributed by atoms with Crippen molar-refractivity contribution in [3.63, 3.8) is 0 Å². The van der Waals surface area contributed by atoms with E-state index in [2.05, 4.69) is 41.3 Å². The Morgan fingerprint density at radius 1 is 0.969 bits per heavy atom. The van der Waals surface area contributed by atoms with Gasteiger partial charge in [0.2, 0.25) is 0 Å². The van der Waals surface area contributed by atoms with Gasteiger partial charge in [0.15, 0.2) is 5.79 Å². The van der Waals surface area contributed by atoms with Crippen LogP contribution < -0.4 is 4.74 Å². The first kappa shape index (κ1) is 21.9. The van der Waals surface area contributed by atoms with Gasteiger partial charge in [0, 0.05) is 38.0 Å². The largest absolute Gasteiger partial charge is 0.491 e. The quantitative estimate of drug-likeness (QED) is 0.747. The minimum absolute atomic E-state index is 0.0126. The van der Waals surface area contributed by atoms with Crippen molar-refractivity contribution in [2.45, 2.75) is 63.4 Å². The molecule has 2 aliphatic heterocycles. The molecule has 1 N–H and O–H groups in total. The molecule has 1 aliphatic carbocycles. The van der Waals surface area contributed by atoms with Gasteiger partial charge in [-0.2, -0.15) is 0 Å². The molecular formula is C26H33NO5. The van der Waals surface area contributed by atoms with Gasteiger partial charge in [-0.05, 0) is 31.0 Å². The van der Waals surface area contributed by atoms with Gasteiger partial charge < -0.3 is 24.1 Å². The summed E-state index contributed by atoms with van der Waals surface area (Å²) in [6.07, 6.45) is 1.52. The number of morpholine rings is 1. The third kappa shape index (κ3) is 4.85. The van der Waals surface area contributed by atoms with Crippen LogP contribution in [0, 0.1) is 0 Å². The Bertz CT molecular complexity index is 918. The molecule has 0 saturated carbocycles. The molecule has 3 aliphatic rings. The zero-order valence-electron chi connectivity index (χ0n) is 18.9. The van der Waals surface area contributed by atoms with E-state index in [9.17, 15) is 5.11 Å². The smallest absolute Gasteiger partial charge is 0.163 e. The molecule has 172 valence electrons. The van der Waals surface area contributed by atoms with Crippen LogP contribution in [0.25, 0.3) is 0 Å². The summed E-state index contributed by atoms with van der Waals surface area (Å²) < 4.78 is 24.6. The standard InChI is InChI=1S/C26H33NO5/c1-26(2)31-24-11-19-9-6-10-23(22(19)12-25(24)32-26)29-17-21-15-27(14-20(16-28)30-21)13-18-7-4-3-5-8-18/h3-10,20-21,24-25,28H,11-17H2,1-2H3. The number of fused-ring (bicyclic) bond motifs is 2. The van der Waals surface area contributed by atoms with Gasteiger partial charge in [0.1, 0.15) is 18.5 Å². The van der Waals surface area contributed by atoms with Crippen LogP contribution in [0.2, 0.25) is 0 Å². The Labute approximate surface area is 190 Å².